The first-order valence-corrected chi connectivity index (χ1v) is 6.83. The molecule has 0 bridgehead atoms. The quantitative estimate of drug-likeness (QED) is 0.823. The summed E-state index contributed by atoms with van der Waals surface area (Å²) in [6.45, 7) is 6.31. The number of aliphatic hydroxyl groups is 1. The molecule has 1 atom stereocenters. The lowest BCUT2D eigenvalue weighted by molar-refractivity contribution is 0.194. The van der Waals surface area contributed by atoms with Crippen LogP contribution in [-0.4, -0.2) is 43.7 Å². The van der Waals surface area contributed by atoms with Crippen molar-refractivity contribution in [3.8, 4) is 0 Å². The average Bonchev–Trinajstić information content (AvgIpc) is 2.33. The van der Waals surface area contributed by atoms with Gasteiger partial charge in [-0.1, -0.05) is 6.07 Å². The normalized spacial score (nSPS) is 12.8. The third-order valence-electron chi connectivity index (χ3n) is 3.20. The highest BCUT2D eigenvalue weighted by Crippen LogP contribution is 2.28. The van der Waals surface area contributed by atoms with E-state index < -0.39 is 6.10 Å². The van der Waals surface area contributed by atoms with Gasteiger partial charge in [-0.05, 0) is 53.0 Å². The molecule has 108 valence electrons. The third kappa shape index (κ3) is 4.48. The van der Waals surface area contributed by atoms with Gasteiger partial charge in [0.2, 0.25) is 0 Å². The number of benzene rings is 1. The van der Waals surface area contributed by atoms with E-state index in [0.29, 0.717) is 5.56 Å². The second kappa shape index (κ2) is 7.46. The molecule has 0 spiro atoms. The van der Waals surface area contributed by atoms with E-state index in [4.69, 9.17) is 0 Å². The standard InChI is InChI=1S/C15H25FN2O/c1-5-18(11-7-10-17(3)4)14-9-6-8-13(16)15(14)12(2)19/h6,8-9,12,19H,5,7,10-11H2,1-4H3. The maximum absolute atomic E-state index is 13.9. The van der Waals surface area contributed by atoms with Gasteiger partial charge < -0.3 is 14.9 Å². The van der Waals surface area contributed by atoms with Crippen LogP contribution in [0.3, 0.4) is 0 Å². The summed E-state index contributed by atoms with van der Waals surface area (Å²) < 4.78 is 13.9. The van der Waals surface area contributed by atoms with Crippen molar-refractivity contribution in [2.24, 2.45) is 0 Å². The Balaban J connectivity index is 2.89. The number of rotatable bonds is 7. The van der Waals surface area contributed by atoms with E-state index in [1.165, 1.54) is 6.07 Å². The predicted octanol–water partition coefficient (Wildman–Crippen LogP) is 2.66. The summed E-state index contributed by atoms with van der Waals surface area (Å²) in [5.74, 6) is -0.335. The lowest BCUT2D eigenvalue weighted by atomic mass is 10.1. The number of hydrogen-bond acceptors (Lipinski definition) is 3. The van der Waals surface area contributed by atoms with Crippen molar-refractivity contribution >= 4 is 5.69 Å². The molecule has 1 rings (SSSR count). The molecule has 0 aliphatic heterocycles. The summed E-state index contributed by atoms with van der Waals surface area (Å²) >= 11 is 0. The molecule has 0 aliphatic rings. The monoisotopic (exact) mass is 268 g/mol. The van der Waals surface area contributed by atoms with Crippen LogP contribution in [0.5, 0.6) is 0 Å². The summed E-state index contributed by atoms with van der Waals surface area (Å²) in [4.78, 5) is 4.25. The molecule has 1 aromatic rings. The molecule has 0 aliphatic carbocycles. The smallest absolute Gasteiger partial charge is 0.131 e. The molecule has 3 nitrogen and oxygen atoms in total. The molecule has 0 fully saturated rings. The molecule has 0 aromatic heterocycles. The van der Waals surface area contributed by atoms with Crippen molar-refractivity contribution in [3.63, 3.8) is 0 Å². The highest BCUT2D eigenvalue weighted by atomic mass is 19.1. The summed E-state index contributed by atoms with van der Waals surface area (Å²) in [5.41, 5.74) is 1.20. The minimum atomic E-state index is -0.793. The molecule has 0 amide bonds. The van der Waals surface area contributed by atoms with Crippen LogP contribution in [0.2, 0.25) is 0 Å². The molecule has 0 heterocycles. The van der Waals surface area contributed by atoms with E-state index in [1.54, 1.807) is 13.0 Å². The zero-order valence-corrected chi connectivity index (χ0v) is 12.4. The summed E-state index contributed by atoms with van der Waals surface area (Å²) in [6.07, 6.45) is 0.218. The lowest BCUT2D eigenvalue weighted by Crippen LogP contribution is -2.28. The Morgan fingerprint density at radius 3 is 2.47 bits per heavy atom. The van der Waals surface area contributed by atoms with Crippen molar-refractivity contribution in [1.29, 1.82) is 0 Å². The van der Waals surface area contributed by atoms with Gasteiger partial charge in [0.05, 0.1) is 6.10 Å². The average molecular weight is 268 g/mol. The SMILES string of the molecule is CCN(CCCN(C)C)c1cccc(F)c1C(C)O. The van der Waals surface area contributed by atoms with E-state index in [1.807, 2.05) is 27.1 Å². The first-order valence-electron chi connectivity index (χ1n) is 6.83. The van der Waals surface area contributed by atoms with Crippen LogP contribution < -0.4 is 4.90 Å². The van der Waals surface area contributed by atoms with Gasteiger partial charge >= 0.3 is 0 Å². The van der Waals surface area contributed by atoms with Crippen molar-refractivity contribution < 1.29 is 9.50 Å². The predicted molar refractivity (Wildman–Crippen MR) is 78.1 cm³/mol. The Morgan fingerprint density at radius 2 is 1.95 bits per heavy atom. The fourth-order valence-electron chi connectivity index (χ4n) is 2.24. The number of nitrogens with zero attached hydrogens (tertiary/aromatic N) is 2. The molecular weight excluding hydrogens is 243 g/mol. The van der Waals surface area contributed by atoms with Crippen LogP contribution in [-0.2, 0) is 0 Å². The van der Waals surface area contributed by atoms with E-state index in [-0.39, 0.29) is 5.82 Å². The van der Waals surface area contributed by atoms with E-state index >= 15 is 0 Å². The molecule has 0 radical (unpaired) electrons. The second-order valence-electron chi connectivity index (χ2n) is 5.09. The largest absolute Gasteiger partial charge is 0.389 e. The minimum absolute atomic E-state index is 0.335. The van der Waals surface area contributed by atoms with Gasteiger partial charge in [-0.3, -0.25) is 0 Å². The lowest BCUT2D eigenvalue weighted by Gasteiger charge is -2.27. The van der Waals surface area contributed by atoms with Crippen LogP contribution >= 0.6 is 0 Å². The molecule has 1 unspecified atom stereocenters. The molecule has 19 heavy (non-hydrogen) atoms. The fourth-order valence-corrected chi connectivity index (χ4v) is 2.24. The Hall–Kier alpha value is -1.13. The fraction of sp³-hybridized carbons (Fsp3) is 0.600. The van der Waals surface area contributed by atoms with Gasteiger partial charge in [-0.15, -0.1) is 0 Å². The number of hydrogen-bond donors (Lipinski definition) is 1. The van der Waals surface area contributed by atoms with Crippen LogP contribution in [0.1, 0.15) is 31.9 Å². The highest BCUT2D eigenvalue weighted by molar-refractivity contribution is 5.55. The molecular formula is C15H25FN2O. The molecule has 0 saturated heterocycles. The first-order chi connectivity index (χ1) is 8.97. The van der Waals surface area contributed by atoms with Crippen LogP contribution in [0.4, 0.5) is 10.1 Å². The summed E-state index contributed by atoms with van der Waals surface area (Å²) in [6, 6.07) is 4.98. The summed E-state index contributed by atoms with van der Waals surface area (Å²) in [7, 11) is 4.08. The van der Waals surface area contributed by atoms with Gasteiger partial charge in [-0.2, -0.15) is 0 Å². The van der Waals surface area contributed by atoms with Crippen molar-refractivity contribution in [1.82, 2.24) is 4.90 Å². The van der Waals surface area contributed by atoms with E-state index in [2.05, 4.69) is 9.80 Å². The van der Waals surface area contributed by atoms with Crippen LogP contribution in [0, 0.1) is 5.82 Å². The number of aliphatic hydroxyl groups excluding tert-OH is 1. The maximum atomic E-state index is 13.9. The van der Waals surface area contributed by atoms with Crippen molar-refractivity contribution in [2.75, 3.05) is 38.6 Å². The zero-order chi connectivity index (χ0) is 14.4. The van der Waals surface area contributed by atoms with Gasteiger partial charge in [0.15, 0.2) is 0 Å². The maximum Gasteiger partial charge on any atom is 0.131 e. The van der Waals surface area contributed by atoms with Gasteiger partial charge in [0, 0.05) is 24.3 Å². The highest BCUT2D eigenvalue weighted by Gasteiger charge is 2.17. The Morgan fingerprint density at radius 1 is 1.26 bits per heavy atom. The Labute approximate surface area is 115 Å². The van der Waals surface area contributed by atoms with Gasteiger partial charge in [-0.25, -0.2) is 4.39 Å². The second-order valence-corrected chi connectivity index (χ2v) is 5.09. The number of halogens is 1. The van der Waals surface area contributed by atoms with E-state index in [0.717, 1.165) is 31.7 Å². The minimum Gasteiger partial charge on any atom is -0.389 e. The van der Waals surface area contributed by atoms with Crippen LogP contribution in [0.15, 0.2) is 18.2 Å². The van der Waals surface area contributed by atoms with Crippen molar-refractivity contribution in [2.45, 2.75) is 26.4 Å². The molecule has 0 saturated carbocycles. The van der Waals surface area contributed by atoms with Crippen LogP contribution in [0.25, 0.3) is 0 Å². The molecule has 1 aromatic carbocycles. The number of anilines is 1. The Kier molecular flexibility index (Phi) is 6.25. The van der Waals surface area contributed by atoms with Crippen molar-refractivity contribution in [3.05, 3.63) is 29.6 Å². The summed E-state index contributed by atoms with van der Waals surface area (Å²) in [5, 5.41) is 9.77. The Bertz CT molecular complexity index is 394. The molecule has 4 heteroatoms. The van der Waals surface area contributed by atoms with Gasteiger partial charge in [0.25, 0.3) is 0 Å². The van der Waals surface area contributed by atoms with E-state index in [9.17, 15) is 9.50 Å². The topological polar surface area (TPSA) is 26.7 Å². The van der Waals surface area contributed by atoms with Gasteiger partial charge in [0.1, 0.15) is 5.82 Å². The third-order valence-corrected chi connectivity index (χ3v) is 3.20. The molecule has 1 N–H and O–H groups in total. The first kappa shape index (κ1) is 15.9. The zero-order valence-electron chi connectivity index (χ0n) is 12.4.